The van der Waals surface area contributed by atoms with Crippen LogP contribution in [-0.4, -0.2) is 63.8 Å². The van der Waals surface area contributed by atoms with Gasteiger partial charge in [0.15, 0.2) is 0 Å². The number of rotatable bonds is 9. The molecule has 7 nitrogen and oxygen atoms in total. The maximum Gasteiger partial charge on any atom is 0.264 e. The Morgan fingerprint density at radius 1 is 1.18 bits per heavy atom. The minimum atomic E-state index is -3.57. The van der Waals surface area contributed by atoms with Gasteiger partial charge in [0, 0.05) is 24.2 Å². The summed E-state index contributed by atoms with van der Waals surface area (Å²) in [6.07, 6.45) is 14.8. The number of likely N-dealkylation sites (tertiary alicyclic amines) is 1. The van der Waals surface area contributed by atoms with E-state index < -0.39 is 15.9 Å². The van der Waals surface area contributed by atoms with Crippen LogP contribution in [0.2, 0.25) is 0 Å². The average Bonchev–Trinajstić information content (AvgIpc) is 3.55. The topological polar surface area (TPSA) is 87.7 Å². The van der Waals surface area contributed by atoms with Crippen LogP contribution in [0.3, 0.4) is 0 Å². The predicted molar refractivity (Wildman–Crippen MR) is 130 cm³/mol. The van der Waals surface area contributed by atoms with Crippen LogP contribution in [-0.2, 0) is 10.0 Å². The van der Waals surface area contributed by atoms with Crippen LogP contribution in [0.15, 0.2) is 48.6 Å². The van der Waals surface area contributed by atoms with Gasteiger partial charge in [0.25, 0.3) is 5.91 Å². The van der Waals surface area contributed by atoms with Gasteiger partial charge in [-0.05, 0) is 74.4 Å². The molecule has 33 heavy (non-hydrogen) atoms. The third-order valence-electron chi connectivity index (χ3n) is 7.03. The van der Waals surface area contributed by atoms with Crippen molar-refractivity contribution in [2.24, 2.45) is 11.3 Å². The molecule has 1 aliphatic heterocycles. The zero-order valence-electron chi connectivity index (χ0n) is 19.5. The second-order valence-corrected chi connectivity index (χ2v) is 11.6. The number of sulfonamides is 1. The van der Waals surface area contributed by atoms with Crippen molar-refractivity contribution in [2.75, 3.05) is 32.5 Å². The van der Waals surface area contributed by atoms with E-state index in [-0.39, 0.29) is 5.56 Å². The number of benzene rings is 1. The first-order valence-electron chi connectivity index (χ1n) is 11.8. The van der Waals surface area contributed by atoms with Gasteiger partial charge in [0.05, 0.1) is 6.26 Å². The van der Waals surface area contributed by atoms with Crippen molar-refractivity contribution < 1.29 is 17.9 Å². The number of carbonyl (C=O) groups is 1. The van der Waals surface area contributed by atoms with E-state index in [4.69, 9.17) is 4.74 Å². The van der Waals surface area contributed by atoms with Crippen LogP contribution >= 0.6 is 0 Å². The number of ether oxygens (including phenoxy) is 1. The van der Waals surface area contributed by atoms with Crippen molar-refractivity contribution in [3.05, 3.63) is 54.1 Å². The lowest BCUT2D eigenvalue weighted by Crippen LogP contribution is -2.45. The molecule has 0 aromatic heterocycles. The molecule has 1 saturated heterocycles. The highest BCUT2D eigenvalue weighted by atomic mass is 32.2. The Hall–Kier alpha value is -2.16. The summed E-state index contributed by atoms with van der Waals surface area (Å²) < 4.78 is 30.1. The average molecular weight is 474 g/mol. The zero-order chi connectivity index (χ0) is 23.5. The molecule has 1 aromatic rings. The van der Waals surface area contributed by atoms with E-state index in [2.05, 4.69) is 41.4 Å². The van der Waals surface area contributed by atoms with Crippen molar-refractivity contribution in [3.8, 4) is 5.75 Å². The van der Waals surface area contributed by atoms with Gasteiger partial charge in [0.2, 0.25) is 10.0 Å². The molecule has 3 aliphatic rings. The monoisotopic (exact) mass is 473 g/mol. The fourth-order valence-corrected chi connectivity index (χ4v) is 5.43. The first-order valence-corrected chi connectivity index (χ1v) is 13.7. The maximum absolute atomic E-state index is 11.9. The van der Waals surface area contributed by atoms with Crippen molar-refractivity contribution in [1.82, 2.24) is 14.9 Å². The Morgan fingerprint density at radius 2 is 1.91 bits per heavy atom. The van der Waals surface area contributed by atoms with Crippen LogP contribution in [0.5, 0.6) is 5.75 Å². The van der Waals surface area contributed by atoms with Gasteiger partial charge in [0.1, 0.15) is 12.4 Å². The quantitative estimate of drug-likeness (QED) is 0.574. The molecular weight excluding hydrogens is 438 g/mol. The minimum absolute atomic E-state index is 0.283. The van der Waals surface area contributed by atoms with E-state index in [9.17, 15) is 13.2 Å². The Bertz CT molecular complexity index is 997. The zero-order valence-corrected chi connectivity index (χ0v) is 20.3. The number of allylic oxidation sites excluding steroid dienone is 4. The van der Waals surface area contributed by atoms with Crippen LogP contribution in [0.25, 0.3) is 0 Å². The lowest BCUT2D eigenvalue weighted by molar-refractivity contribution is 0.0981. The standard InChI is InChI=1S/C25H35N3O4S/c1-25(12-4-3-5-13-25)22-18-23(22)26-20-10-14-28(15-11-20)16-17-32-21-8-6-19(7-9-21)24(29)27-33(2,30)31/h3-9,12,20,22-23,26H,10-11,13-18H2,1-2H3,(H,27,29)/t22-,23-,25?/m1/s1. The SMILES string of the molecule is CC1([C@@H]2C[C@H]2NC2CCN(CCOc3ccc(C(=O)NS(C)(=O)=O)cc3)CC2)C=CC=CC1. The number of nitrogens with zero attached hydrogens (tertiary/aromatic N) is 1. The van der Waals surface area contributed by atoms with E-state index in [1.54, 1.807) is 24.3 Å². The molecule has 8 heteroatoms. The van der Waals surface area contributed by atoms with Gasteiger partial charge >= 0.3 is 0 Å². The minimum Gasteiger partial charge on any atom is -0.492 e. The van der Waals surface area contributed by atoms with Crippen LogP contribution in [0, 0.1) is 11.3 Å². The van der Waals surface area contributed by atoms with E-state index in [1.807, 2.05) is 4.72 Å². The van der Waals surface area contributed by atoms with Gasteiger partial charge in [-0.3, -0.25) is 9.69 Å². The van der Waals surface area contributed by atoms with E-state index in [0.717, 1.165) is 38.2 Å². The van der Waals surface area contributed by atoms with Gasteiger partial charge in [-0.1, -0.05) is 31.2 Å². The highest BCUT2D eigenvalue weighted by molar-refractivity contribution is 7.89. The smallest absolute Gasteiger partial charge is 0.264 e. The summed E-state index contributed by atoms with van der Waals surface area (Å²) in [7, 11) is -3.57. The van der Waals surface area contributed by atoms with E-state index >= 15 is 0 Å². The highest BCUT2D eigenvalue weighted by Gasteiger charge is 2.49. The first kappa shape index (κ1) is 24.0. The molecule has 1 unspecified atom stereocenters. The van der Waals surface area contributed by atoms with E-state index in [0.29, 0.717) is 29.9 Å². The summed E-state index contributed by atoms with van der Waals surface area (Å²) in [5.74, 6) is 0.788. The van der Waals surface area contributed by atoms with Crippen LogP contribution in [0.4, 0.5) is 0 Å². The number of hydrogen-bond acceptors (Lipinski definition) is 6. The van der Waals surface area contributed by atoms with Crippen LogP contribution in [0.1, 0.15) is 43.0 Å². The molecule has 0 spiro atoms. The summed E-state index contributed by atoms with van der Waals surface area (Å²) in [5.41, 5.74) is 0.602. The third-order valence-corrected chi connectivity index (χ3v) is 7.58. The molecule has 3 atom stereocenters. The Labute approximate surface area is 197 Å². The summed E-state index contributed by atoms with van der Waals surface area (Å²) in [4.78, 5) is 14.3. The molecule has 2 aliphatic carbocycles. The maximum atomic E-state index is 11.9. The number of hydrogen-bond donors (Lipinski definition) is 2. The van der Waals surface area contributed by atoms with Gasteiger partial charge in [-0.25, -0.2) is 13.1 Å². The highest BCUT2D eigenvalue weighted by Crippen LogP contribution is 2.50. The van der Waals surface area contributed by atoms with Crippen molar-refractivity contribution in [3.63, 3.8) is 0 Å². The fraction of sp³-hybridized carbons (Fsp3) is 0.560. The molecule has 1 amide bonds. The summed E-state index contributed by atoms with van der Waals surface area (Å²) >= 11 is 0. The molecule has 180 valence electrons. The number of piperidine rings is 1. The van der Waals surface area contributed by atoms with Crippen molar-refractivity contribution >= 4 is 15.9 Å². The molecular formula is C25H35N3O4S. The van der Waals surface area contributed by atoms with Gasteiger partial charge in [-0.15, -0.1) is 0 Å². The van der Waals surface area contributed by atoms with Gasteiger partial charge < -0.3 is 10.1 Å². The second kappa shape index (κ2) is 9.99. The Morgan fingerprint density at radius 3 is 2.55 bits per heavy atom. The lowest BCUT2D eigenvalue weighted by atomic mass is 9.79. The van der Waals surface area contributed by atoms with Gasteiger partial charge in [-0.2, -0.15) is 0 Å². The van der Waals surface area contributed by atoms with Crippen molar-refractivity contribution in [1.29, 1.82) is 0 Å². The summed E-state index contributed by atoms with van der Waals surface area (Å²) in [6.45, 7) is 5.98. The third kappa shape index (κ3) is 6.68. The molecule has 2 fully saturated rings. The number of carbonyl (C=O) groups excluding carboxylic acids is 1. The number of nitrogens with one attached hydrogen (secondary N) is 2. The second-order valence-electron chi connectivity index (χ2n) is 9.80. The molecule has 2 N–H and O–H groups in total. The largest absolute Gasteiger partial charge is 0.492 e. The summed E-state index contributed by atoms with van der Waals surface area (Å²) in [6, 6.07) is 7.78. The van der Waals surface area contributed by atoms with E-state index in [1.165, 1.54) is 19.3 Å². The Balaban J connectivity index is 1.13. The van der Waals surface area contributed by atoms with Crippen molar-refractivity contribution in [2.45, 2.75) is 44.7 Å². The molecule has 0 radical (unpaired) electrons. The fourth-order valence-electron chi connectivity index (χ4n) is 4.98. The van der Waals surface area contributed by atoms with Crippen LogP contribution < -0.4 is 14.8 Å². The molecule has 1 saturated carbocycles. The molecule has 1 heterocycles. The number of amides is 1. The molecule has 4 rings (SSSR count). The predicted octanol–water partition coefficient (Wildman–Crippen LogP) is 2.72. The normalized spacial score (nSPS) is 27.9. The summed E-state index contributed by atoms with van der Waals surface area (Å²) in [5, 5.41) is 3.91. The molecule has 0 bridgehead atoms. The molecule has 1 aromatic carbocycles. The lowest BCUT2D eigenvalue weighted by Gasteiger charge is -2.33. The first-order chi connectivity index (χ1) is 15.7. The Kier molecular flexibility index (Phi) is 7.26.